The van der Waals surface area contributed by atoms with Crippen LogP contribution in [0.25, 0.3) is 0 Å². The normalized spacial score (nSPS) is 14.2. The summed E-state index contributed by atoms with van der Waals surface area (Å²) < 4.78 is 0. The van der Waals surface area contributed by atoms with E-state index in [1.807, 2.05) is 0 Å². The smallest absolute Gasteiger partial charge is 0.326 e. The minimum Gasteiger partial charge on any atom is -0.481 e. The van der Waals surface area contributed by atoms with Gasteiger partial charge in [-0.15, -0.1) is 0 Å². The molecular formula is C19H31N5O10. The highest BCUT2D eigenvalue weighted by atomic mass is 16.4. The van der Waals surface area contributed by atoms with Gasteiger partial charge in [-0.2, -0.15) is 0 Å². The molecule has 10 N–H and O–H groups in total. The quantitative estimate of drug-likeness (QED) is 0.109. The van der Waals surface area contributed by atoms with Gasteiger partial charge in [-0.25, -0.2) is 4.79 Å². The first-order valence-electron chi connectivity index (χ1n) is 10.3. The minimum absolute atomic E-state index is 0.249. The van der Waals surface area contributed by atoms with E-state index in [0.29, 0.717) is 0 Å². The molecule has 0 saturated carbocycles. The van der Waals surface area contributed by atoms with E-state index < -0.39 is 84.5 Å². The fourth-order valence-corrected chi connectivity index (χ4v) is 2.67. The molecule has 15 nitrogen and oxygen atoms in total. The van der Waals surface area contributed by atoms with Crippen molar-refractivity contribution in [2.75, 3.05) is 0 Å². The maximum absolute atomic E-state index is 12.7. The number of carboxylic acid groups (broad SMARTS) is 3. The van der Waals surface area contributed by atoms with E-state index in [-0.39, 0.29) is 19.3 Å². The summed E-state index contributed by atoms with van der Waals surface area (Å²) >= 11 is 0. The monoisotopic (exact) mass is 489 g/mol. The second-order valence-corrected chi connectivity index (χ2v) is 7.83. The molecule has 0 aliphatic rings. The molecule has 15 heteroatoms. The number of carbonyl (C=O) groups excluding carboxylic acids is 4. The van der Waals surface area contributed by atoms with Crippen molar-refractivity contribution in [1.82, 2.24) is 16.0 Å². The van der Waals surface area contributed by atoms with Crippen LogP contribution < -0.4 is 27.4 Å². The van der Waals surface area contributed by atoms with Crippen molar-refractivity contribution < 1.29 is 48.9 Å². The van der Waals surface area contributed by atoms with Crippen molar-refractivity contribution in [3.8, 4) is 0 Å². The Morgan fingerprint density at radius 2 is 1.26 bits per heavy atom. The molecule has 4 atom stereocenters. The maximum atomic E-state index is 12.7. The van der Waals surface area contributed by atoms with Crippen molar-refractivity contribution in [2.24, 2.45) is 17.4 Å². The molecular weight excluding hydrogens is 458 g/mol. The molecule has 0 aromatic rings. The average Bonchev–Trinajstić information content (AvgIpc) is 2.70. The lowest BCUT2D eigenvalue weighted by atomic mass is 10.0. The zero-order valence-electron chi connectivity index (χ0n) is 18.8. The summed E-state index contributed by atoms with van der Waals surface area (Å²) in [6, 6.07) is -5.85. The number of hydrogen-bond acceptors (Lipinski definition) is 8. The fourth-order valence-electron chi connectivity index (χ4n) is 2.67. The van der Waals surface area contributed by atoms with Crippen LogP contribution >= 0.6 is 0 Å². The first kappa shape index (κ1) is 30.2. The van der Waals surface area contributed by atoms with Gasteiger partial charge in [0.05, 0.1) is 12.5 Å². The van der Waals surface area contributed by atoms with Crippen molar-refractivity contribution in [3.05, 3.63) is 0 Å². The Labute approximate surface area is 194 Å². The molecule has 4 amide bonds. The highest BCUT2D eigenvalue weighted by molar-refractivity contribution is 5.95. The number of nitrogens with two attached hydrogens (primary N) is 2. The van der Waals surface area contributed by atoms with Gasteiger partial charge in [-0.3, -0.25) is 28.8 Å². The number of rotatable bonds is 16. The summed E-state index contributed by atoms with van der Waals surface area (Å²) in [4.78, 5) is 81.8. The Bertz CT molecular complexity index is 800. The standard InChI is InChI=1S/C19H31N5O10/c1-8(2)15(19(33)34)24-18(32)11(7-14(28)29)23-17(31)10(4-5-12(21)25)22-16(30)9(20)3-6-13(26)27/h8-11,15H,3-7,20H2,1-2H3,(H2,21,25)(H,22,30)(H,23,31)(H,24,32)(H,26,27)(H,28,29)(H,33,34). The van der Waals surface area contributed by atoms with E-state index in [0.717, 1.165) is 0 Å². The number of primary amides is 1. The van der Waals surface area contributed by atoms with Crippen LogP contribution in [0.2, 0.25) is 0 Å². The van der Waals surface area contributed by atoms with Crippen LogP contribution in [-0.2, 0) is 33.6 Å². The molecule has 0 heterocycles. The van der Waals surface area contributed by atoms with Gasteiger partial charge in [-0.1, -0.05) is 13.8 Å². The highest BCUT2D eigenvalue weighted by Crippen LogP contribution is 2.06. The van der Waals surface area contributed by atoms with Gasteiger partial charge >= 0.3 is 17.9 Å². The molecule has 0 radical (unpaired) electrons. The molecule has 0 fully saturated rings. The van der Waals surface area contributed by atoms with Crippen molar-refractivity contribution >= 4 is 41.5 Å². The van der Waals surface area contributed by atoms with E-state index in [1.54, 1.807) is 0 Å². The predicted molar refractivity (Wildman–Crippen MR) is 114 cm³/mol. The summed E-state index contributed by atoms with van der Waals surface area (Å²) in [5.41, 5.74) is 10.7. The zero-order chi connectivity index (χ0) is 26.6. The van der Waals surface area contributed by atoms with Gasteiger partial charge in [0.15, 0.2) is 0 Å². The Morgan fingerprint density at radius 3 is 1.71 bits per heavy atom. The van der Waals surface area contributed by atoms with Crippen LogP contribution in [0, 0.1) is 5.92 Å². The summed E-state index contributed by atoms with van der Waals surface area (Å²) in [5, 5.41) is 33.5. The first-order chi connectivity index (χ1) is 15.6. The summed E-state index contributed by atoms with van der Waals surface area (Å²) in [7, 11) is 0. The first-order valence-corrected chi connectivity index (χ1v) is 10.3. The Morgan fingerprint density at radius 1 is 0.735 bits per heavy atom. The third-order valence-electron chi connectivity index (χ3n) is 4.56. The maximum Gasteiger partial charge on any atom is 0.326 e. The molecule has 0 saturated heterocycles. The summed E-state index contributed by atoms with van der Waals surface area (Å²) in [5.74, 6) is -8.49. The molecule has 0 spiro atoms. The van der Waals surface area contributed by atoms with Gasteiger partial charge in [-0.05, 0) is 18.8 Å². The van der Waals surface area contributed by atoms with Crippen LogP contribution in [0.5, 0.6) is 0 Å². The van der Waals surface area contributed by atoms with Crippen LogP contribution in [-0.4, -0.2) is 81.0 Å². The molecule has 4 unspecified atom stereocenters. The van der Waals surface area contributed by atoms with Crippen molar-refractivity contribution in [3.63, 3.8) is 0 Å². The summed E-state index contributed by atoms with van der Waals surface area (Å²) in [6.45, 7) is 3.01. The Hall–Kier alpha value is -3.75. The molecule has 0 rings (SSSR count). The Balaban J connectivity index is 5.56. The second kappa shape index (κ2) is 14.4. The number of carboxylic acids is 3. The zero-order valence-corrected chi connectivity index (χ0v) is 18.8. The third-order valence-corrected chi connectivity index (χ3v) is 4.56. The number of aliphatic carboxylic acids is 3. The van der Waals surface area contributed by atoms with E-state index in [4.69, 9.17) is 21.7 Å². The highest BCUT2D eigenvalue weighted by Gasteiger charge is 2.32. The second-order valence-electron chi connectivity index (χ2n) is 7.83. The number of amides is 4. The molecule has 0 aliphatic heterocycles. The van der Waals surface area contributed by atoms with Gasteiger partial charge in [0.1, 0.15) is 18.1 Å². The van der Waals surface area contributed by atoms with E-state index >= 15 is 0 Å². The lowest BCUT2D eigenvalue weighted by Crippen LogP contribution is -2.58. The van der Waals surface area contributed by atoms with Crippen molar-refractivity contribution in [2.45, 2.75) is 70.1 Å². The van der Waals surface area contributed by atoms with Gasteiger partial charge in [0, 0.05) is 12.8 Å². The van der Waals surface area contributed by atoms with Crippen molar-refractivity contribution in [1.29, 1.82) is 0 Å². The number of hydrogen-bond donors (Lipinski definition) is 8. The predicted octanol–water partition coefficient (Wildman–Crippen LogP) is -2.89. The van der Waals surface area contributed by atoms with Crippen LogP contribution in [0.15, 0.2) is 0 Å². The number of carbonyl (C=O) groups is 7. The SMILES string of the molecule is CC(C)C(NC(=O)C(CC(=O)O)NC(=O)C(CCC(N)=O)NC(=O)C(N)CCC(=O)O)C(=O)O. The number of nitrogens with one attached hydrogen (secondary N) is 3. The minimum atomic E-state index is -1.71. The lowest BCUT2D eigenvalue weighted by Gasteiger charge is -2.25. The largest absolute Gasteiger partial charge is 0.481 e. The molecule has 0 aliphatic carbocycles. The molecule has 0 aromatic carbocycles. The molecule has 0 aromatic heterocycles. The fraction of sp³-hybridized carbons (Fsp3) is 0.632. The van der Waals surface area contributed by atoms with Crippen LogP contribution in [0.3, 0.4) is 0 Å². The average molecular weight is 489 g/mol. The van der Waals surface area contributed by atoms with Crippen LogP contribution in [0.1, 0.15) is 46.0 Å². The molecule has 192 valence electrons. The van der Waals surface area contributed by atoms with Gasteiger partial charge < -0.3 is 42.7 Å². The van der Waals surface area contributed by atoms with E-state index in [1.165, 1.54) is 13.8 Å². The Kier molecular flexibility index (Phi) is 12.8. The van der Waals surface area contributed by atoms with E-state index in [2.05, 4.69) is 16.0 Å². The topological polar surface area (TPSA) is 268 Å². The van der Waals surface area contributed by atoms with E-state index in [9.17, 15) is 38.7 Å². The van der Waals surface area contributed by atoms with Crippen LogP contribution in [0.4, 0.5) is 0 Å². The summed E-state index contributed by atoms with van der Waals surface area (Å²) in [6.07, 6.45) is -2.28. The molecule has 34 heavy (non-hydrogen) atoms. The van der Waals surface area contributed by atoms with Gasteiger partial charge in [0.25, 0.3) is 0 Å². The third kappa shape index (κ3) is 11.8. The molecule has 0 bridgehead atoms. The lowest BCUT2D eigenvalue weighted by molar-refractivity contribution is -0.144. The van der Waals surface area contributed by atoms with Gasteiger partial charge in [0.2, 0.25) is 23.6 Å².